The van der Waals surface area contributed by atoms with Crippen LogP contribution in [0.3, 0.4) is 0 Å². The van der Waals surface area contributed by atoms with E-state index >= 15 is 0 Å². The van der Waals surface area contributed by atoms with Crippen LogP contribution in [0.15, 0.2) is 0 Å². The summed E-state index contributed by atoms with van der Waals surface area (Å²) in [5.41, 5.74) is 2.88. The van der Waals surface area contributed by atoms with Crippen LogP contribution in [0.25, 0.3) is 0 Å². The second kappa shape index (κ2) is 8.15. The number of Topliss-reactive ketones (excluding diaryl/α,β-unsaturated/α-hetero) is 1. The maximum absolute atomic E-state index is 13.0. The molecule has 7 nitrogen and oxygen atoms in total. The summed E-state index contributed by atoms with van der Waals surface area (Å²) in [5, 5.41) is 0. The molecule has 27 heavy (non-hydrogen) atoms. The van der Waals surface area contributed by atoms with Crippen molar-refractivity contribution in [3.63, 3.8) is 0 Å². The zero-order chi connectivity index (χ0) is 19.6. The number of aromatic amines is 1. The molecule has 1 N–H and O–H groups in total. The minimum Gasteiger partial charge on any atom is -0.449 e. The highest BCUT2D eigenvalue weighted by Gasteiger charge is 2.30. The molecule has 148 valence electrons. The number of H-pyrrole nitrogens is 1. The van der Waals surface area contributed by atoms with E-state index in [1.54, 1.807) is 9.80 Å². The van der Waals surface area contributed by atoms with Crippen molar-refractivity contribution in [3.8, 4) is 0 Å². The minimum atomic E-state index is -0.310. The standard InChI is InChI=1S/C20H29N3O4/c1-13(2)12-27-20(26)23-9-5-8-22(10-11-23)19(25)18-14(3)17-15(21-18)6-4-7-16(17)24/h13,21H,4-12H2,1-3H3. The average molecular weight is 375 g/mol. The molecular weight excluding hydrogens is 346 g/mol. The van der Waals surface area contributed by atoms with Gasteiger partial charge in [-0.05, 0) is 37.7 Å². The van der Waals surface area contributed by atoms with Gasteiger partial charge in [-0.3, -0.25) is 9.59 Å². The summed E-state index contributed by atoms with van der Waals surface area (Å²) < 4.78 is 5.30. The summed E-state index contributed by atoms with van der Waals surface area (Å²) in [5.74, 6) is 0.328. The van der Waals surface area contributed by atoms with Gasteiger partial charge in [0, 0.05) is 43.9 Å². The number of aryl methyl sites for hydroxylation is 1. The molecule has 1 aliphatic carbocycles. The number of aromatic nitrogens is 1. The van der Waals surface area contributed by atoms with Crippen molar-refractivity contribution in [3.05, 3.63) is 22.5 Å². The van der Waals surface area contributed by atoms with Crippen molar-refractivity contribution in [1.29, 1.82) is 0 Å². The van der Waals surface area contributed by atoms with Crippen LogP contribution in [0.4, 0.5) is 4.79 Å². The van der Waals surface area contributed by atoms with Gasteiger partial charge in [0.25, 0.3) is 5.91 Å². The fraction of sp³-hybridized carbons (Fsp3) is 0.650. The minimum absolute atomic E-state index is 0.0907. The van der Waals surface area contributed by atoms with Crippen LogP contribution in [0.1, 0.15) is 65.2 Å². The second-order valence-electron chi connectivity index (χ2n) is 7.86. The molecule has 2 aliphatic rings. The Kier molecular flexibility index (Phi) is 5.87. The summed E-state index contributed by atoms with van der Waals surface area (Å²) in [6.07, 6.45) is 2.59. The molecule has 1 saturated heterocycles. The number of hydrogen-bond donors (Lipinski definition) is 1. The predicted molar refractivity (Wildman–Crippen MR) is 101 cm³/mol. The molecule has 1 aliphatic heterocycles. The third-order valence-electron chi connectivity index (χ3n) is 5.23. The van der Waals surface area contributed by atoms with E-state index in [9.17, 15) is 14.4 Å². The van der Waals surface area contributed by atoms with Gasteiger partial charge in [-0.25, -0.2) is 4.79 Å². The Morgan fingerprint density at radius 2 is 1.78 bits per heavy atom. The third-order valence-corrected chi connectivity index (χ3v) is 5.23. The topological polar surface area (TPSA) is 82.7 Å². The fourth-order valence-corrected chi connectivity index (χ4v) is 3.78. The van der Waals surface area contributed by atoms with Crippen LogP contribution < -0.4 is 0 Å². The largest absolute Gasteiger partial charge is 0.449 e. The average Bonchev–Trinajstić information content (AvgIpc) is 2.82. The van der Waals surface area contributed by atoms with Crippen molar-refractivity contribution in [1.82, 2.24) is 14.8 Å². The van der Waals surface area contributed by atoms with E-state index in [2.05, 4.69) is 4.98 Å². The Hall–Kier alpha value is -2.31. The van der Waals surface area contributed by atoms with E-state index < -0.39 is 0 Å². The van der Waals surface area contributed by atoms with E-state index in [0.29, 0.717) is 62.8 Å². The van der Waals surface area contributed by atoms with Crippen LogP contribution in [0.5, 0.6) is 0 Å². The monoisotopic (exact) mass is 375 g/mol. The Morgan fingerprint density at radius 3 is 2.48 bits per heavy atom. The summed E-state index contributed by atoms with van der Waals surface area (Å²) in [4.78, 5) is 44.1. The molecular formula is C20H29N3O4. The lowest BCUT2D eigenvalue weighted by atomic mass is 9.94. The molecule has 0 atom stereocenters. The molecule has 3 rings (SSSR count). The SMILES string of the molecule is Cc1c(C(=O)N2CCCN(C(=O)OCC(C)C)CC2)[nH]c2c1C(=O)CCC2. The predicted octanol–water partition coefficient (Wildman–Crippen LogP) is 2.78. The van der Waals surface area contributed by atoms with Gasteiger partial charge in [-0.2, -0.15) is 0 Å². The lowest BCUT2D eigenvalue weighted by molar-refractivity contribution is 0.0741. The summed E-state index contributed by atoms with van der Waals surface area (Å²) >= 11 is 0. The molecule has 1 fully saturated rings. The van der Waals surface area contributed by atoms with E-state index in [0.717, 1.165) is 24.1 Å². The van der Waals surface area contributed by atoms with Gasteiger partial charge in [0.05, 0.1) is 6.61 Å². The van der Waals surface area contributed by atoms with Gasteiger partial charge in [0.2, 0.25) is 0 Å². The maximum atomic E-state index is 13.0. The van der Waals surface area contributed by atoms with Gasteiger partial charge >= 0.3 is 6.09 Å². The van der Waals surface area contributed by atoms with Gasteiger partial charge in [-0.1, -0.05) is 13.8 Å². The van der Waals surface area contributed by atoms with E-state index in [4.69, 9.17) is 4.74 Å². The van der Waals surface area contributed by atoms with Crippen molar-refractivity contribution in [2.75, 3.05) is 32.8 Å². The van der Waals surface area contributed by atoms with Gasteiger partial charge in [-0.15, -0.1) is 0 Å². The van der Waals surface area contributed by atoms with Crippen LogP contribution in [-0.2, 0) is 11.2 Å². The molecule has 2 amide bonds. The number of ketones is 1. The molecule has 0 spiro atoms. The summed E-state index contributed by atoms with van der Waals surface area (Å²) in [6.45, 7) is 8.34. The number of nitrogens with one attached hydrogen (secondary N) is 1. The maximum Gasteiger partial charge on any atom is 0.409 e. The summed E-state index contributed by atoms with van der Waals surface area (Å²) in [7, 11) is 0. The van der Waals surface area contributed by atoms with Gasteiger partial charge in [0.15, 0.2) is 5.78 Å². The first-order valence-electron chi connectivity index (χ1n) is 9.84. The van der Waals surface area contributed by atoms with E-state index in [-0.39, 0.29) is 17.8 Å². The first-order chi connectivity index (χ1) is 12.9. The van der Waals surface area contributed by atoms with Gasteiger partial charge < -0.3 is 19.5 Å². The number of carbonyl (C=O) groups is 3. The number of carbonyl (C=O) groups excluding carboxylic acids is 3. The zero-order valence-corrected chi connectivity index (χ0v) is 16.5. The Morgan fingerprint density at radius 1 is 1.07 bits per heavy atom. The smallest absolute Gasteiger partial charge is 0.409 e. The Bertz CT molecular complexity index is 738. The molecule has 7 heteroatoms. The molecule has 0 unspecified atom stereocenters. The second-order valence-corrected chi connectivity index (χ2v) is 7.86. The molecule has 1 aromatic heterocycles. The number of rotatable bonds is 3. The highest BCUT2D eigenvalue weighted by atomic mass is 16.6. The number of nitrogens with zero attached hydrogens (tertiary/aromatic N) is 2. The number of fused-ring (bicyclic) bond motifs is 1. The molecule has 0 bridgehead atoms. The highest BCUT2D eigenvalue weighted by molar-refractivity contribution is 6.04. The van der Waals surface area contributed by atoms with Crippen LogP contribution in [-0.4, -0.2) is 65.4 Å². The molecule has 0 radical (unpaired) electrons. The first kappa shape index (κ1) is 19.5. The first-order valence-corrected chi connectivity index (χ1v) is 9.84. The highest BCUT2D eigenvalue weighted by Crippen LogP contribution is 2.27. The number of ether oxygens (including phenoxy) is 1. The van der Waals surface area contributed by atoms with Crippen molar-refractivity contribution in [2.45, 2.75) is 46.5 Å². The van der Waals surface area contributed by atoms with E-state index in [1.807, 2.05) is 20.8 Å². The Labute approximate surface area is 160 Å². The van der Waals surface area contributed by atoms with Crippen molar-refractivity contribution >= 4 is 17.8 Å². The zero-order valence-electron chi connectivity index (χ0n) is 16.5. The fourth-order valence-electron chi connectivity index (χ4n) is 3.78. The number of amides is 2. The lowest BCUT2D eigenvalue weighted by Gasteiger charge is -2.22. The third kappa shape index (κ3) is 4.17. The normalized spacial score (nSPS) is 17.7. The molecule has 2 heterocycles. The Balaban J connectivity index is 1.67. The van der Waals surface area contributed by atoms with Gasteiger partial charge in [0.1, 0.15) is 5.69 Å². The van der Waals surface area contributed by atoms with E-state index in [1.165, 1.54) is 0 Å². The lowest BCUT2D eigenvalue weighted by Crippen LogP contribution is -2.38. The molecule has 0 saturated carbocycles. The van der Waals surface area contributed by atoms with Crippen LogP contribution in [0.2, 0.25) is 0 Å². The quantitative estimate of drug-likeness (QED) is 0.881. The summed E-state index contributed by atoms with van der Waals surface area (Å²) in [6, 6.07) is 0. The van der Waals surface area contributed by atoms with Crippen LogP contribution in [0, 0.1) is 12.8 Å². The number of hydrogen-bond acceptors (Lipinski definition) is 4. The van der Waals surface area contributed by atoms with Crippen molar-refractivity contribution < 1.29 is 19.1 Å². The van der Waals surface area contributed by atoms with Crippen molar-refractivity contribution in [2.24, 2.45) is 5.92 Å². The van der Waals surface area contributed by atoms with Crippen LogP contribution >= 0.6 is 0 Å². The molecule has 1 aromatic rings. The molecule has 0 aromatic carbocycles.